The van der Waals surface area contributed by atoms with Gasteiger partial charge in [0.05, 0.1) is 11.5 Å². The van der Waals surface area contributed by atoms with Crippen LogP contribution in [-0.2, 0) is 9.59 Å². The van der Waals surface area contributed by atoms with Crippen molar-refractivity contribution in [2.45, 2.75) is 46.6 Å². The lowest BCUT2D eigenvalue weighted by molar-refractivity contribution is -0.126. The van der Waals surface area contributed by atoms with Gasteiger partial charge in [0.15, 0.2) is 5.78 Å². The zero-order chi connectivity index (χ0) is 13.5. The second kappa shape index (κ2) is 3.13. The van der Waals surface area contributed by atoms with E-state index in [9.17, 15) is 14.7 Å². The van der Waals surface area contributed by atoms with Gasteiger partial charge < -0.3 is 5.11 Å². The summed E-state index contributed by atoms with van der Waals surface area (Å²) < 4.78 is 0. The molecule has 0 bridgehead atoms. The normalized spacial score (nSPS) is 45.7. The molecular weight excluding hydrogens is 228 g/mol. The molecule has 0 amide bonds. The molecule has 0 saturated heterocycles. The second-order valence-electron chi connectivity index (χ2n) is 6.92. The van der Waals surface area contributed by atoms with Crippen LogP contribution in [-0.4, -0.2) is 22.8 Å². The molecule has 0 spiro atoms. The molecule has 3 aliphatic rings. The van der Waals surface area contributed by atoms with Gasteiger partial charge in [-0.2, -0.15) is 0 Å². The van der Waals surface area contributed by atoms with Crippen molar-refractivity contribution >= 4 is 11.6 Å². The van der Waals surface area contributed by atoms with Crippen molar-refractivity contribution in [3.8, 4) is 0 Å². The maximum atomic E-state index is 12.4. The Labute approximate surface area is 107 Å². The van der Waals surface area contributed by atoms with Crippen molar-refractivity contribution in [2.24, 2.45) is 22.7 Å². The predicted octanol–water partition coefficient (Wildman–Crippen LogP) is 1.89. The number of carbonyl (C=O) groups excluding carboxylic acids is 2. The molecule has 0 aromatic rings. The summed E-state index contributed by atoms with van der Waals surface area (Å²) in [4.78, 5) is 24.3. The number of ketones is 2. The molecule has 3 aliphatic carbocycles. The first-order valence-electron chi connectivity index (χ1n) is 6.71. The van der Waals surface area contributed by atoms with Crippen molar-refractivity contribution in [3.05, 3.63) is 11.1 Å². The monoisotopic (exact) mass is 248 g/mol. The lowest BCUT2D eigenvalue weighted by atomic mass is 9.68. The van der Waals surface area contributed by atoms with Crippen molar-refractivity contribution in [2.75, 3.05) is 0 Å². The average molecular weight is 248 g/mol. The first kappa shape index (κ1) is 12.1. The Balaban J connectivity index is 2.15. The summed E-state index contributed by atoms with van der Waals surface area (Å²) in [6, 6.07) is 0. The van der Waals surface area contributed by atoms with Gasteiger partial charge in [-0.05, 0) is 37.3 Å². The molecule has 98 valence electrons. The number of allylic oxidation sites excluding steroid dienone is 1. The van der Waals surface area contributed by atoms with Gasteiger partial charge in [0.25, 0.3) is 0 Å². The number of aliphatic hydroxyl groups excluding tert-OH is 1. The molecule has 0 aromatic heterocycles. The summed E-state index contributed by atoms with van der Waals surface area (Å²) >= 11 is 0. The minimum Gasteiger partial charge on any atom is -0.388 e. The van der Waals surface area contributed by atoms with Crippen LogP contribution in [0.4, 0.5) is 0 Å². The fourth-order valence-corrected chi connectivity index (χ4v) is 4.29. The molecule has 0 radical (unpaired) electrons. The number of hydrogen-bond acceptors (Lipinski definition) is 3. The molecule has 0 aliphatic heterocycles. The smallest absolute Gasteiger partial charge is 0.167 e. The zero-order valence-electron chi connectivity index (χ0n) is 11.4. The van der Waals surface area contributed by atoms with Gasteiger partial charge >= 0.3 is 0 Å². The average Bonchev–Trinajstić information content (AvgIpc) is 2.76. The van der Waals surface area contributed by atoms with Crippen molar-refractivity contribution in [1.82, 2.24) is 0 Å². The highest BCUT2D eigenvalue weighted by Crippen LogP contribution is 2.63. The van der Waals surface area contributed by atoms with E-state index in [2.05, 4.69) is 6.92 Å². The summed E-state index contributed by atoms with van der Waals surface area (Å²) in [5.74, 6) is 0.504. The molecule has 3 rings (SSSR count). The number of rotatable bonds is 0. The third-order valence-corrected chi connectivity index (χ3v) is 5.85. The molecule has 0 heterocycles. The molecule has 3 heteroatoms. The summed E-state index contributed by atoms with van der Waals surface area (Å²) in [7, 11) is 0. The first-order valence-corrected chi connectivity index (χ1v) is 6.71. The highest BCUT2D eigenvalue weighted by molar-refractivity contribution is 6.05. The summed E-state index contributed by atoms with van der Waals surface area (Å²) in [5, 5.41) is 10.5. The van der Waals surface area contributed by atoms with E-state index in [1.165, 1.54) is 0 Å². The standard InChI is InChI=1S/C15H20O3/c1-7-10(16)6-8-5-9-11(15(7,8)4)13(18)14(2,3)12(9)17/h7-8,13,18H,5-6H2,1-4H3/t7-,8?,13+,15+/m0/s1. The zero-order valence-corrected chi connectivity index (χ0v) is 11.4. The van der Waals surface area contributed by atoms with Crippen LogP contribution in [0.3, 0.4) is 0 Å². The van der Waals surface area contributed by atoms with Crippen LogP contribution in [0.2, 0.25) is 0 Å². The Hall–Kier alpha value is -0.960. The van der Waals surface area contributed by atoms with Gasteiger partial charge in [-0.3, -0.25) is 9.59 Å². The highest BCUT2D eigenvalue weighted by Gasteiger charge is 2.63. The Morgan fingerprint density at radius 1 is 1.17 bits per heavy atom. The number of carbonyl (C=O) groups is 2. The third-order valence-electron chi connectivity index (χ3n) is 5.85. The van der Waals surface area contributed by atoms with Gasteiger partial charge in [-0.25, -0.2) is 0 Å². The molecular formula is C15H20O3. The third kappa shape index (κ3) is 1.05. The van der Waals surface area contributed by atoms with Gasteiger partial charge in [0, 0.05) is 17.8 Å². The summed E-state index contributed by atoms with van der Waals surface area (Å²) in [5.41, 5.74) is 0.680. The van der Waals surface area contributed by atoms with Crippen LogP contribution in [0, 0.1) is 22.7 Å². The Kier molecular flexibility index (Phi) is 2.10. The van der Waals surface area contributed by atoms with Crippen LogP contribution in [0.15, 0.2) is 11.1 Å². The van der Waals surface area contributed by atoms with Crippen LogP contribution >= 0.6 is 0 Å². The number of hydrogen-bond donors (Lipinski definition) is 1. The van der Waals surface area contributed by atoms with E-state index in [1.54, 1.807) is 13.8 Å². The molecule has 3 nitrogen and oxygen atoms in total. The second-order valence-corrected chi connectivity index (χ2v) is 6.92. The molecule has 1 unspecified atom stereocenters. The Morgan fingerprint density at radius 3 is 2.39 bits per heavy atom. The molecule has 18 heavy (non-hydrogen) atoms. The van der Waals surface area contributed by atoms with E-state index in [4.69, 9.17) is 0 Å². The Morgan fingerprint density at radius 2 is 1.78 bits per heavy atom. The highest BCUT2D eigenvalue weighted by atomic mass is 16.3. The molecule has 1 N–H and O–H groups in total. The number of Topliss-reactive ketones (excluding diaryl/α,β-unsaturated/α-hetero) is 2. The maximum absolute atomic E-state index is 12.4. The van der Waals surface area contributed by atoms with Gasteiger partial charge in [0.1, 0.15) is 5.78 Å². The lowest BCUT2D eigenvalue weighted by Gasteiger charge is -2.36. The van der Waals surface area contributed by atoms with Crippen LogP contribution < -0.4 is 0 Å². The van der Waals surface area contributed by atoms with Crippen LogP contribution in [0.25, 0.3) is 0 Å². The minimum absolute atomic E-state index is 0.0775. The van der Waals surface area contributed by atoms with Crippen LogP contribution in [0.5, 0.6) is 0 Å². The number of aliphatic hydroxyl groups is 1. The van der Waals surface area contributed by atoms with E-state index in [0.717, 1.165) is 11.1 Å². The SMILES string of the molecule is C[C@H]1C(=O)CC2CC3=C([C@@H](O)C(C)(C)C3=O)[C@@]21C. The molecule has 1 fully saturated rings. The van der Waals surface area contributed by atoms with Crippen molar-refractivity contribution in [1.29, 1.82) is 0 Å². The molecule has 1 saturated carbocycles. The van der Waals surface area contributed by atoms with E-state index in [1.807, 2.05) is 6.92 Å². The van der Waals surface area contributed by atoms with Gasteiger partial charge in [-0.1, -0.05) is 13.8 Å². The topological polar surface area (TPSA) is 54.4 Å². The first-order chi connectivity index (χ1) is 8.22. The molecule has 4 atom stereocenters. The van der Waals surface area contributed by atoms with E-state index in [0.29, 0.717) is 12.8 Å². The fraction of sp³-hybridized carbons (Fsp3) is 0.733. The largest absolute Gasteiger partial charge is 0.388 e. The lowest BCUT2D eigenvalue weighted by Crippen LogP contribution is -2.39. The molecule has 0 aromatic carbocycles. The maximum Gasteiger partial charge on any atom is 0.167 e. The van der Waals surface area contributed by atoms with E-state index >= 15 is 0 Å². The van der Waals surface area contributed by atoms with Gasteiger partial charge in [0.2, 0.25) is 0 Å². The minimum atomic E-state index is -0.719. The van der Waals surface area contributed by atoms with Crippen molar-refractivity contribution in [3.63, 3.8) is 0 Å². The fourth-order valence-electron chi connectivity index (χ4n) is 4.29. The van der Waals surface area contributed by atoms with E-state index in [-0.39, 0.29) is 28.8 Å². The van der Waals surface area contributed by atoms with E-state index < -0.39 is 11.5 Å². The number of fused-ring (bicyclic) bond motifs is 2. The Bertz CT molecular complexity index is 500. The quantitative estimate of drug-likeness (QED) is 0.712. The summed E-state index contributed by atoms with van der Waals surface area (Å²) in [6.07, 6.45) is 0.523. The predicted molar refractivity (Wildman–Crippen MR) is 66.8 cm³/mol. The van der Waals surface area contributed by atoms with Crippen LogP contribution in [0.1, 0.15) is 40.5 Å². The van der Waals surface area contributed by atoms with Crippen molar-refractivity contribution < 1.29 is 14.7 Å². The van der Waals surface area contributed by atoms with Gasteiger partial charge in [-0.15, -0.1) is 0 Å². The summed E-state index contributed by atoms with van der Waals surface area (Å²) in [6.45, 7) is 7.62.